The number of rotatable bonds is 17. The van der Waals surface area contributed by atoms with Crippen LogP contribution in [0.25, 0.3) is 0 Å². The Hall–Kier alpha value is -0.330. The monoisotopic (exact) mass is 310 g/mol. The number of Topliss-reactive ketones (excluding diaryl/α,β-unsaturated/α-hetero) is 1. The maximum absolute atomic E-state index is 11.5. The van der Waals surface area contributed by atoms with E-state index in [1.54, 1.807) is 0 Å². The first-order valence-electron chi connectivity index (χ1n) is 10.2. The van der Waals surface area contributed by atoms with E-state index in [0.717, 1.165) is 12.8 Å². The molecule has 132 valence electrons. The van der Waals surface area contributed by atoms with E-state index in [1.807, 2.05) is 13.8 Å². The molecule has 0 saturated carbocycles. The van der Waals surface area contributed by atoms with Crippen LogP contribution in [0.15, 0.2) is 0 Å². The molecule has 0 aliphatic carbocycles. The van der Waals surface area contributed by atoms with E-state index in [1.165, 1.54) is 89.9 Å². The van der Waals surface area contributed by atoms with E-state index in [4.69, 9.17) is 0 Å². The van der Waals surface area contributed by atoms with E-state index in [-0.39, 0.29) is 5.92 Å². The molecular weight excluding hydrogens is 268 g/mol. The molecule has 0 fully saturated rings. The van der Waals surface area contributed by atoms with Crippen molar-refractivity contribution in [3.8, 4) is 0 Å². The van der Waals surface area contributed by atoms with Crippen LogP contribution in [0.3, 0.4) is 0 Å². The molecule has 0 unspecified atom stereocenters. The Morgan fingerprint density at radius 3 is 1.23 bits per heavy atom. The lowest BCUT2D eigenvalue weighted by molar-refractivity contribution is -0.122. The maximum atomic E-state index is 11.5. The van der Waals surface area contributed by atoms with Crippen molar-refractivity contribution in [1.29, 1.82) is 0 Å². The first-order chi connectivity index (χ1) is 10.7. The highest BCUT2D eigenvalue weighted by atomic mass is 16.1. The normalized spacial score (nSPS) is 11.3. The fraction of sp³-hybridized carbons (Fsp3) is 0.952. The van der Waals surface area contributed by atoms with E-state index in [9.17, 15) is 4.79 Å². The second kappa shape index (κ2) is 17.0. The highest BCUT2D eigenvalue weighted by Crippen LogP contribution is 2.14. The molecule has 0 radical (unpaired) electrons. The van der Waals surface area contributed by atoms with Crippen LogP contribution < -0.4 is 0 Å². The standard InChI is InChI=1S/C21H42O/c1-4-5-6-7-8-9-10-11-12-13-14-15-16-17-18-19-21(22)20(2)3/h20H,4-19H2,1-3H3. The van der Waals surface area contributed by atoms with Crippen molar-refractivity contribution in [1.82, 2.24) is 0 Å². The zero-order valence-corrected chi connectivity index (χ0v) is 15.8. The number of carbonyl (C=O) groups is 1. The third-order valence-electron chi connectivity index (χ3n) is 4.67. The van der Waals surface area contributed by atoms with Crippen molar-refractivity contribution < 1.29 is 4.79 Å². The second-order valence-corrected chi connectivity index (χ2v) is 7.32. The van der Waals surface area contributed by atoms with E-state index in [0.29, 0.717) is 5.78 Å². The van der Waals surface area contributed by atoms with Crippen LogP contribution in [0, 0.1) is 5.92 Å². The molecule has 22 heavy (non-hydrogen) atoms. The molecule has 0 aromatic rings. The second-order valence-electron chi connectivity index (χ2n) is 7.32. The van der Waals surface area contributed by atoms with E-state index < -0.39 is 0 Å². The first kappa shape index (κ1) is 21.7. The van der Waals surface area contributed by atoms with Gasteiger partial charge in [-0.2, -0.15) is 0 Å². The van der Waals surface area contributed by atoms with Crippen LogP contribution in [0.4, 0.5) is 0 Å². The molecule has 0 saturated heterocycles. The molecule has 0 atom stereocenters. The van der Waals surface area contributed by atoms with Gasteiger partial charge in [-0.05, 0) is 6.42 Å². The predicted molar refractivity (Wildman–Crippen MR) is 99.4 cm³/mol. The summed E-state index contributed by atoms with van der Waals surface area (Å²) in [6.07, 6.45) is 21.6. The summed E-state index contributed by atoms with van der Waals surface area (Å²) >= 11 is 0. The molecular formula is C21H42O. The fourth-order valence-electron chi connectivity index (χ4n) is 2.96. The summed E-state index contributed by atoms with van der Waals surface area (Å²) in [5.41, 5.74) is 0. The van der Waals surface area contributed by atoms with Crippen LogP contribution in [-0.4, -0.2) is 5.78 Å². The first-order valence-corrected chi connectivity index (χ1v) is 10.2. The highest BCUT2D eigenvalue weighted by Gasteiger charge is 2.05. The number of ketones is 1. The van der Waals surface area contributed by atoms with Crippen molar-refractivity contribution in [3.63, 3.8) is 0 Å². The van der Waals surface area contributed by atoms with Gasteiger partial charge >= 0.3 is 0 Å². The molecule has 0 aliphatic heterocycles. The molecule has 0 aromatic carbocycles. The van der Waals surface area contributed by atoms with Gasteiger partial charge in [0.25, 0.3) is 0 Å². The van der Waals surface area contributed by atoms with Gasteiger partial charge < -0.3 is 0 Å². The average Bonchev–Trinajstić information content (AvgIpc) is 2.50. The van der Waals surface area contributed by atoms with Gasteiger partial charge in [0.05, 0.1) is 0 Å². The Morgan fingerprint density at radius 2 is 0.909 bits per heavy atom. The molecule has 0 rings (SSSR count). The smallest absolute Gasteiger partial charge is 0.135 e. The van der Waals surface area contributed by atoms with Crippen molar-refractivity contribution in [3.05, 3.63) is 0 Å². The number of carbonyl (C=O) groups excluding carboxylic acids is 1. The van der Waals surface area contributed by atoms with E-state index in [2.05, 4.69) is 6.92 Å². The van der Waals surface area contributed by atoms with Gasteiger partial charge in [0.2, 0.25) is 0 Å². The summed E-state index contributed by atoms with van der Waals surface area (Å²) in [5, 5.41) is 0. The highest BCUT2D eigenvalue weighted by molar-refractivity contribution is 5.80. The Kier molecular flexibility index (Phi) is 16.8. The SMILES string of the molecule is CCCCCCCCCCCCCCCCCC(=O)C(C)C. The van der Waals surface area contributed by atoms with Gasteiger partial charge in [-0.15, -0.1) is 0 Å². The molecule has 1 heteroatoms. The third kappa shape index (κ3) is 16.0. The summed E-state index contributed by atoms with van der Waals surface area (Å²) in [7, 11) is 0. The lowest BCUT2D eigenvalue weighted by Crippen LogP contribution is -2.05. The van der Waals surface area contributed by atoms with Gasteiger partial charge in [0.1, 0.15) is 5.78 Å². The van der Waals surface area contributed by atoms with Crippen molar-refractivity contribution >= 4 is 5.78 Å². The van der Waals surface area contributed by atoms with Crippen molar-refractivity contribution in [2.75, 3.05) is 0 Å². The number of hydrogen-bond acceptors (Lipinski definition) is 1. The van der Waals surface area contributed by atoms with Gasteiger partial charge in [0, 0.05) is 12.3 Å². The average molecular weight is 311 g/mol. The topological polar surface area (TPSA) is 17.1 Å². The Labute approximate surface area is 140 Å². The quantitative estimate of drug-likeness (QED) is 0.255. The molecule has 0 heterocycles. The lowest BCUT2D eigenvalue weighted by atomic mass is 10.0. The van der Waals surface area contributed by atoms with Crippen molar-refractivity contribution in [2.24, 2.45) is 5.92 Å². The van der Waals surface area contributed by atoms with Crippen LogP contribution in [-0.2, 0) is 4.79 Å². The van der Waals surface area contributed by atoms with Crippen LogP contribution in [0.5, 0.6) is 0 Å². The Bertz CT molecular complexity index is 232. The minimum Gasteiger partial charge on any atom is -0.299 e. The summed E-state index contributed by atoms with van der Waals surface area (Å²) in [6, 6.07) is 0. The fourth-order valence-corrected chi connectivity index (χ4v) is 2.96. The van der Waals surface area contributed by atoms with E-state index >= 15 is 0 Å². The zero-order valence-electron chi connectivity index (χ0n) is 15.8. The maximum Gasteiger partial charge on any atom is 0.135 e. The third-order valence-corrected chi connectivity index (χ3v) is 4.67. The summed E-state index contributed by atoms with van der Waals surface area (Å²) in [4.78, 5) is 11.5. The van der Waals surface area contributed by atoms with Gasteiger partial charge in [-0.3, -0.25) is 4.79 Å². The summed E-state index contributed by atoms with van der Waals surface area (Å²) in [6.45, 7) is 6.30. The number of hydrogen-bond donors (Lipinski definition) is 0. The van der Waals surface area contributed by atoms with Crippen molar-refractivity contribution in [2.45, 2.75) is 124 Å². The molecule has 0 aliphatic rings. The van der Waals surface area contributed by atoms with Gasteiger partial charge in [-0.25, -0.2) is 0 Å². The van der Waals surface area contributed by atoms with Crippen LogP contribution in [0.2, 0.25) is 0 Å². The van der Waals surface area contributed by atoms with Gasteiger partial charge in [0.15, 0.2) is 0 Å². The lowest BCUT2D eigenvalue weighted by Gasteiger charge is -2.04. The summed E-state index contributed by atoms with van der Waals surface area (Å²) in [5.74, 6) is 0.668. The summed E-state index contributed by atoms with van der Waals surface area (Å²) < 4.78 is 0. The largest absolute Gasteiger partial charge is 0.299 e. The minimum absolute atomic E-state index is 0.228. The van der Waals surface area contributed by atoms with Crippen LogP contribution in [0.1, 0.15) is 124 Å². The zero-order chi connectivity index (χ0) is 16.5. The molecule has 0 spiro atoms. The molecule has 0 N–H and O–H groups in total. The molecule has 0 amide bonds. The molecule has 0 bridgehead atoms. The Balaban J connectivity index is 3.04. The predicted octanol–water partition coefficient (Wildman–Crippen LogP) is 7.47. The Morgan fingerprint density at radius 1 is 0.591 bits per heavy atom. The minimum atomic E-state index is 0.228. The van der Waals surface area contributed by atoms with Crippen LogP contribution >= 0.6 is 0 Å². The number of unbranched alkanes of at least 4 members (excludes halogenated alkanes) is 14. The molecule has 1 nitrogen and oxygen atoms in total. The van der Waals surface area contributed by atoms with Gasteiger partial charge in [-0.1, -0.05) is 111 Å². The molecule has 0 aromatic heterocycles.